The summed E-state index contributed by atoms with van der Waals surface area (Å²) in [7, 11) is 0. The van der Waals surface area contributed by atoms with Crippen LogP contribution in [-0.4, -0.2) is 17.6 Å². The lowest BCUT2D eigenvalue weighted by atomic mass is 10.0. The summed E-state index contributed by atoms with van der Waals surface area (Å²) in [5, 5.41) is 0.968. The number of para-hydroxylation sites is 1. The SMILES string of the molecule is CCOC(=O)Cc1ccccc1OCc1cc(-c2cc(CN)ccn2)c2occc2c1. The summed E-state index contributed by atoms with van der Waals surface area (Å²) < 4.78 is 16.9. The predicted octanol–water partition coefficient (Wildman–Crippen LogP) is 4.64. The van der Waals surface area contributed by atoms with E-state index in [0.29, 0.717) is 25.5 Å². The Labute approximate surface area is 180 Å². The largest absolute Gasteiger partial charge is 0.489 e. The number of hydrogen-bond acceptors (Lipinski definition) is 6. The summed E-state index contributed by atoms with van der Waals surface area (Å²) in [5.74, 6) is 0.388. The molecule has 0 aliphatic heterocycles. The van der Waals surface area contributed by atoms with Crippen LogP contribution in [0.15, 0.2) is 71.5 Å². The molecule has 0 saturated carbocycles. The molecule has 0 saturated heterocycles. The molecular weight excluding hydrogens is 392 g/mol. The summed E-state index contributed by atoms with van der Waals surface area (Å²) in [6.07, 6.45) is 3.59. The van der Waals surface area contributed by atoms with E-state index in [2.05, 4.69) is 4.98 Å². The van der Waals surface area contributed by atoms with Crippen molar-refractivity contribution in [3.63, 3.8) is 0 Å². The zero-order valence-corrected chi connectivity index (χ0v) is 17.3. The number of nitrogens with zero attached hydrogens (tertiary/aromatic N) is 1. The molecule has 2 N–H and O–H groups in total. The van der Waals surface area contributed by atoms with Crippen LogP contribution in [0.25, 0.3) is 22.2 Å². The fourth-order valence-corrected chi connectivity index (χ4v) is 3.49. The Morgan fingerprint density at radius 2 is 1.97 bits per heavy atom. The van der Waals surface area contributed by atoms with Gasteiger partial charge in [-0.3, -0.25) is 9.78 Å². The molecule has 2 aromatic heterocycles. The Bertz CT molecular complexity index is 1200. The van der Waals surface area contributed by atoms with Crippen molar-refractivity contribution >= 4 is 16.9 Å². The second-order valence-corrected chi connectivity index (χ2v) is 7.11. The van der Waals surface area contributed by atoms with E-state index in [1.54, 1.807) is 19.4 Å². The first-order chi connectivity index (χ1) is 15.2. The van der Waals surface area contributed by atoms with Gasteiger partial charge in [-0.25, -0.2) is 0 Å². The lowest BCUT2D eigenvalue weighted by Gasteiger charge is -2.12. The van der Waals surface area contributed by atoms with E-state index in [4.69, 9.17) is 19.6 Å². The van der Waals surface area contributed by atoms with Crippen molar-refractivity contribution in [3.05, 3.63) is 83.7 Å². The number of furan rings is 1. The summed E-state index contributed by atoms with van der Waals surface area (Å²) in [6.45, 7) is 2.93. The zero-order chi connectivity index (χ0) is 21.6. The zero-order valence-electron chi connectivity index (χ0n) is 17.3. The van der Waals surface area contributed by atoms with E-state index < -0.39 is 0 Å². The van der Waals surface area contributed by atoms with Crippen LogP contribution >= 0.6 is 0 Å². The average Bonchev–Trinajstić information content (AvgIpc) is 3.27. The molecule has 4 rings (SSSR count). The van der Waals surface area contributed by atoms with E-state index in [1.807, 2.05) is 54.6 Å². The van der Waals surface area contributed by atoms with Gasteiger partial charge in [-0.15, -0.1) is 0 Å². The maximum absolute atomic E-state index is 11.9. The number of fused-ring (bicyclic) bond motifs is 1. The van der Waals surface area contributed by atoms with Crippen molar-refractivity contribution < 1.29 is 18.7 Å². The van der Waals surface area contributed by atoms with Crippen molar-refractivity contribution in [2.24, 2.45) is 5.73 Å². The van der Waals surface area contributed by atoms with Crippen LogP contribution in [0, 0.1) is 0 Å². The molecule has 0 aliphatic rings. The van der Waals surface area contributed by atoms with Gasteiger partial charge in [0.1, 0.15) is 17.9 Å². The molecule has 2 heterocycles. The fourth-order valence-electron chi connectivity index (χ4n) is 3.49. The van der Waals surface area contributed by atoms with Crippen LogP contribution in [0.5, 0.6) is 5.75 Å². The molecular formula is C25H24N2O4. The molecule has 0 amide bonds. The van der Waals surface area contributed by atoms with E-state index in [0.717, 1.165) is 38.9 Å². The predicted molar refractivity (Wildman–Crippen MR) is 118 cm³/mol. The number of rotatable bonds is 8. The maximum atomic E-state index is 11.9. The number of esters is 1. The van der Waals surface area contributed by atoms with Gasteiger partial charge >= 0.3 is 5.97 Å². The summed E-state index contributed by atoms with van der Waals surface area (Å²) >= 11 is 0. The molecule has 31 heavy (non-hydrogen) atoms. The van der Waals surface area contributed by atoms with Gasteiger partial charge in [0.15, 0.2) is 0 Å². The Hall–Kier alpha value is -3.64. The molecule has 4 aromatic rings. The fraction of sp³-hybridized carbons (Fsp3) is 0.200. The summed E-state index contributed by atoms with van der Waals surface area (Å²) in [6, 6.07) is 17.3. The van der Waals surface area contributed by atoms with Crippen LogP contribution < -0.4 is 10.5 Å². The third-order valence-electron chi connectivity index (χ3n) is 4.95. The molecule has 0 spiro atoms. The first-order valence-corrected chi connectivity index (χ1v) is 10.2. The third kappa shape index (κ3) is 4.75. The first-order valence-electron chi connectivity index (χ1n) is 10.2. The molecule has 2 aromatic carbocycles. The minimum absolute atomic E-state index is 0.172. The molecule has 0 radical (unpaired) electrons. The minimum atomic E-state index is -0.272. The van der Waals surface area contributed by atoms with Crippen LogP contribution in [0.2, 0.25) is 0 Å². The highest BCUT2D eigenvalue weighted by Crippen LogP contribution is 2.31. The monoisotopic (exact) mass is 416 g/mol. The third-order valence-corrected chi connectivity index (χ3v) is 4.95. The summed E-state index contributed by atoms with van der Waals surface area (Å²) in [5.41, 5.74) is 11.0. The van der Waals surface area contributed by atoms with Crippen LogP contribution in [0.1, 0.15) is 23.6 Å². The van der Waals surface area contributed by atoms with E-state index >= 15 is 0 Å². The van der Waals surface area contributed by atoms with E-state index in [-0.39, 0.29) is 12.4 Å². The molecule has 6 nitrogen and oxygen atoms in total. The molecule has 6 heteroatoms. The lowest BCUT2D eigenvalue weighted by molar-refractivity contribution is -0.142. The lowest BCUT2D eigenvalue weighted by Crippen LogP contribution is -2.09. The molecule has 0 unspecified atom stereocenters. The maximum Gasteiger partial charge on any atom is 0.310 e. The van der Waals surface area contributed by atoms with Gasteiger partial charge in [0.2, 0.25) is 0 Å². The van der Waals surface area contributed by atoms with Crippen LogP contribution in [0.4, 0.5) is 0 Å². The van der Waals surface area contributed by atoms with Gasteiger partial charge in [-0.1, -0.05) is 18.2 Å². The number of benzene rings is 2. The van der Waals surface area contributed by atoms with Crippen molar-refractivity contribution in [2.75, 3.05) is 6.61 Å². The number of pyridine rings is 1. The van der Waals surface area contributed by atoms with Gasteiger partial charge in [-0.05, 0) is 54.4 Å². The number of ether oxygens (including phenoxy) is 2. The van der Waals surface area contributed by atoms with Crippen molar-refractivity contribution in [1.29, 1.82) is 0 Å². The molecule has 158 valence electrons. The first kappa shape index (κ1) is 20.6. The Morgan fingerprint density at radius 3 is 2.81 bits per heavy atom. The average molecular weight is 416 g/mol. The minimum Gasteiger partial charge on any atom is -0.489 e. The molecule has 0 atom stereocenters. The van der Waals surface area contributed by atoms with Gasteiger partial charge in [0.25, 0.3) is 0 Å². The van der Waals surface area contributed by atoms with Gasteiger partial charge in [0.05, 0.1) is 25.0 Å². The highest BCUT2D eigenvalue weighted by molar-refractivity contribution is 5.92. The topological polar surface area (TPSA) is 87.6 Å². The Morgan fingerprint density at radius 1 is 1.10 bits per heavy atom. The van der Waals surface area contributed by atoms with E-state index in [1.165, 1.54) is 0 Å². The van der Waals surface area contributed by atoms with Crippen LogP contribution in [0.3, 0.4) is 0 Å². The normalized spacial score (nSPS) is 10.9. The van der Waals surface area contributed by atoms with E-state index in [9.17, 15) is 4.79 Å². The standard InChI is InChI=1S/C25H24N2O4/c1-2-29-24(28)14-19-5-3-4-6-23(19)31-16-18-11-20-8-10-30-25(20)21(12-18)22-13-17(15-26)7-9-27-22/h3-13H,2,14-16,26H2,1H3. The number of carbonyl (C=O) groups is 1. The van der Waals surface area contributed by atoms with Crippen LogP contribution in [-0.2, 0) is 29.1 Å². The van der Waals surface area contributed by atoms with Gasteiger partial charge < -0.3 is 19.6 Å². The molecule has 0 fully saturated rings. The van der Waals surface area contributed by atoms with Gasteiger partial charge in [-0.2, -0.15) is 0 Å². The molecule has 0 bridgehead atoms. The second kappa shape index (κ2) is 9.45. The Kier molecular flexibility index (Phi) is 6.29. The summed E-state index contributed by atoms with van der Waals surface area (Å²) in [4.78, 5) is 16.4. The number of hydrogen-bond donors (Lipinski definition) is 1. The van der Waals surface area contributed by atoms with Crippen molar-refractivity contribution in [3.8, 4) is 17.0 Å². The second-order valence-electron chi connectivity index (χ2n) is 7.11. The smallest absolute Gasteiger partial charge is 0.310 e. The van der Waals surface area contributed by atoms with Crippen molar-refractivity contribution in [2.45, 2.75) is 26.5 Å². The number of aromatic nitrogens is 1. The molecule has 0 aliphatic carbocycles. The number of carbonyl (C=O) groups excluding carboxylic acids is 1. The highest BCUT2D eigenvalue weighted by Gasteiger charge is 2.13. The highest BCUT2D eigenvalue weighted by atomic mass is 16.5. The quantitative estimate of drug-likeness (QED) is 0.421. The number of nitrogens with two attached hydrogens (primary N) is 1. The Balaban J connectivity index is 1.61. The van der Waals surface area contributed by atoms with Gasteiger partial charge in [0, 0.05) is 29.3 Å². The van der Waals surface area contributed by atoms with Crippen molar-refractivity contribution in [1.82, 2.24) is 4.98 Å².